The zero-order valence-corrected chi connectivity index (χ0v) is 8.46. The van der Waals surface area contributed by atoms with Crippen LogP contribution in [0.4, 0.5) is 4.39 Å². The van der Waals surface area contributed by atoms with Gasteiger partial charge in [0.05, 0.1) is 0 Å². The number of rotatable bonds is 4. The van der Waals surface area contributed by atoms with E-state index in [0.717, 1.165) is 18.4 Å². The van der Waals surface area contributed by atoms with Gasteiger partial charge in [-0.15, -0.1) is 0 Å². The Labute approximate surface area is 84.4 Å². The van der Waals surface area contributed by atoms with Gasteiger partial charge < -0.3 is 5.73 Å². The van der Waals surface area contributed by atoms with E-state index < -0.39 is 0 Å². The van der Waals surface area contributed by atoms with Gasteiger partial charge in [0.2, 0.25) is 0 Å². The molecule has 2 N–H and O–H groups in total. The van der Waals surface area contributed by atoms with Crippen molar-refractivity contribution in [1.29, 1.82) is 0 Å². The van der Waals surface area contributed by atoms with Gasteiger partial charge in [0.25, 0.3) is 0 Å². The molecule has 0 bridgehead atoms. The summed E-state index contributed by atoms with van der Waals surface area (Å²) >= 11 is 0. The van der Waals surface area contributed by atoms with E-state index >= 15 is 0 Å². The minimum absolute atomic E-state index is 0.155. The highest BCUT2D eigenvalue weighted by Crippen LogP contribution is 2.21. The van der Waals surface area contributed by atoms with Crippen molar-refractivity contribution in [3.05, 3.63) is 41.7 Å². The van der Waals surface area contributed by atoms with E-state index in [1.807, 2.05) is 19.1 Å². The zero-order chi connectivity index (χ0) is 10.4. The van der Waals surface area contributed by atoms with Crippen LogP contribution in [0.3, 0.4) is 0 Å². The van der Waals surface area contributed by atoms with Gasteiger partial charge in [0.15, 0.2) is 0 Å². The van der Waals surface area contributed by atoms with Gasteiger partial charge >= 0.3 is 0 Å². The molecule has 0 aliphatic heterocycles. The number of hydrogen-bond donors (Lipinski definition) is 1. The van der Waals surface area contributed by atoms with Crippen molar-refractivity contribution in [2.24, 2.45) is 5.73 Å². The predicted molar refractivity (Wildman–Crippen MR) is 58.3 cm³/mol. The Kier molecular flexibility index (Phi) is 4.33. The summed E-state index contributed by atoms with van der Waals surface area (Å²) in [5.74, 6) is -0.155. The number of nitrogens with two attached hydrogens (primary N) is 1. The van der Waals surface area contributed by atoms with Crippen molar-refractivity contribution in [2.75, 3.05) is 6.54 Å². The molecular formula is C12H16FN. The lowest BCUT2D eigenvalue weighted by Gasteiger charge is -2.05. The van der Waals surface area contributed by atoms with Gasteiger partial charge in [-0.1, -0.05) is 31.2 Å². The maximum absolute atomic E-state index is 13.4. The third kappa shape index (κ3) is 2.67. The standard InChI is InChI=1S/C12H16FN/c1-2-10(6-5-9-14)11-7-3-4-8-12(11)13/h3-4,6-8H,2,5,9,14H2,1H3/b10-6-. The summed E-state index contributed by atoms with van der Waals surface area (Å²) in [6.07, 6.45) is 3.65. The van der Waals surface area contributed by atoms with Crippen LogP contribution < -0.4 is 5.73 Å². The minimum atomic E-state index is -0.155. The second kappa shape index (κ2) is 5.55. The van der Waals surface area contributed by atoms with Crippen LogP contribution in [0.25, 0.3) is 5.57 Å². The molecule has 0 heterocycles. The Morgan fingerprint density at radius 1 is 1.43 bits per heavy atom. The number of hydrogen-bond acceptors (Lipinski definition) is 1. The number of allylic oxidation sites excluding steroid dienone is 1. The molecule has 0 spiro atoms. The molecular weight excluding hydrogens is 177 g/mol. The van der Waals surface area contributed by atoms with Gasteiger partial charge in [-0.3, -0.25) is 0 Å². The third-order valence-electron chi connectivity index (χ3n) is 2.16. The Hall–Kier alpha value is -1.15. The van der Waals surface area contributed by atoms with Crippen molar-refractivity contribution < 1.29 is 4.39 Å². The number of benzene rings is 1. The van der Waals surface area contributed by atoms with Crippen LogP contribution in [-0.4, -0.2) is 6.54 Å². The van der Waals surface area contributed by atoms with E-state index in [-0.39, 0.29) is 5.82 Å². The average molecular weight is 193 g/mol. The highest BCUT2D eigenvalue weighted by molar-refractivity contribution is 5.65. The van der Waals surface area contributed by atoms with Crippen LogP contribution in [0.1, 0.15) is 25.3 Å². The van der Waals surface area contributed by atoms with Crippen molar-refractivity contribution in [3.63, 3.8) is 0 Å². The summed E-state index contributed by atoms with van der Waals surface area (Å²) in [4.78, 5) is 0. The Morgan fingerprint density at radius 2 is 2.14 bits per heavy atom. The molecule has 0 fully saturated rings. The summed E-state index contributed by atoms with van der Waals surface area (Å²) in [6, 6.07) is 6.85. The van der Waals surface area contributed by atoms with E-state index in [4.69, 9.17) is 5.73 Å². The van der Waals surface area contributed by atoms with Crippen LogP contribution in [0, 0.1) is 5.82 Å². The maximum atomic E-state index is 13.4. The molecule has 0 saturated heterocycles. The fourth-order valence-electron chi connectivity index (χ4n) is 1.42. The highest BCUT2D eigenvalue weighted by Gasteiger charge is 2.03. The zero-order valence-electron chi connectivity index (χ0n) is 8.46. The molecule has 0 aromatic heterocycles. The molecule has 0 saturated carbocycles. The summed E-state index contributed by atoms with van der Waals surface area (Å²) in [6.45, 7) is 2.63. The fourth-order valence-corrected chi connectivity index (χ4v) is 1.42. The van der Waals surface area contributed by atoms with Crippen LogP contribution in [-0.2, 0) is 0 Å². The topological polar surface area (TPSA) is 26.0 Å². The molecule has 0 unspecified atom stereocenters. The molecule has 0 aliphatic rings. The maximum Gasteiger partial charge on any atom is 0.130 e. The first-order valence-corrected chi connectivity index (χ1v) is 4.93. The predicted octanol–water partition coefficient (Wildman–Crippen LogP) is 2.97. The van der Waals surface area contributed by atoms with Crippen LogP contribution in [0.5, 0.6) is 0 Å². The van der Waals surface area contributed by atoms with Crippen molar-refractivity contribution in [1.82, 2.24) is 0 Å². The molecule has 14 heavy (non-hydrogen) atoms. The first-order valence-electron chi connectivity index (χ1n) is 4.93. The van der Waals surface area contributed by atoms with E-state index in [2.05, 4.69) is 0 Å². The van der Waals surface area contributed by atoms with Crippen molar-refractivity contribution >= 4 is 5.57 Å². The lowest BCUT2D eigenvalue weighted by molar-refractivity contribution is 0.623. The molecule has 76 valence electrons. The Morgan fingerprint density at radius 3 is 2.71 bits per heavy atom. The minimum Gasteiger partial charge on any atom is -0.330 e. The van der Waals surface area contributed by atoms with Crippen LogP contribution in [0.2, 0.25) is 0 Å². The van der Waals surface area contributed by atoms with Crippen molar-refractivity contribution in [2.45, 2.75) is 19.8 Å². The van der Waals surface area contributed by atoms with E-state index in [1.54, 1.807) is 12.1 Å². The van der Waals surface area contributed by atoms with Gasteiger partial charge in [0.1, 0.15) is 5.82 Å². The van der Waals surface area contributed by atoms with E-state index in [1.165, 1.54) is 6.07 Å². The smallest absolute Gasteiger partial charge is 0.130 e. The van der Waals surface area contributed by atoms with E-state index in [9.17, 15) is 4.39 Å². The molecule has 0 radical (unpaired) electrons. The third-order valence-corrected chi connectivity index (χ3v) is 2.16. The molecule has 0 amide bonds. The number of halogens is 1. The van der Waals surface area contributed by atoms with Crippen LogP contribution in [0.15, 0.2) is 30.3 Å². The SMILES string of the molecule is CC/C(=C/CCN)c1ccccc1F. The lowest BCUT2D eigenvalue weighted by Crippen LogP contribution is -1.97. The summed E-state index contributed by atoms with van der Waals surface area (Å²) < 4.78 is 13.4. The molecule has 1 aromatic rings. The molecule has 1 aromatic carbocycles. The van der Waals surface area contributed by atoms with E-state index in [0.29, 0.717) is 12.1 Å². The largest absolute Gasteiger partial charge is 0.330 e. The second-order valence-electron chi connectivity index (χ2n) is 3.14. The van der Waals surface area contributed by atoms with Gasteiger partial charge in [-0.05, 0) is 31.0 Å². The molecule has 0 aliphatic carbocycles. The first-order chi connectivity index (χ1) is 6.79. The fraction of sp³-hybridized carbons (Fsp3) is 0.333. The monoisotopic (exact) mass is 193 g/mol. The Balaban J connectivity index is 2.95. The molecule has 0 atom stereocenters. The highest BCUT2D eigenvalue weighted by atomic mass is 19.1. The quantitative estimate of drug-likeness (QED) is 0.781. The van der Waals surface area contributed by atoms with Gasteiger partial charge in [0, 0.05) is 5.56 Å². The Bertz CT molecular complexity index is 318. The second-order valence-corrected chi connectivity index (χ2v) is 3.14. The average Bonchev–Trinajstić information content (AvgIpc) is 2.21. The van der Waals surface area contributed by atoms with Gasteiger partial charge in [-0.2, -0.15) is 0 Å². The van der Waals surface area contributed by atoms with Crippen molar-refractivity contribution in [3.8, 4) is 0 Å². The van der Waals surface area contributed by atoms with Gasteiger partial charge in [-0.25, -0.2) is 4.39 Å². The normalized spacial score (nSPS) is 11.8. The molecule has 2 heteroatoms. The van der Waals surface area contributed by atoms with Crippen LogP contribution >= 0.6 is 0 Å². The molecule has 1 nitrogen and oxygen atoms in total. The lowest BCUT2D eigenvalue weighted by atomic mass is 10.0. The first kappa shape index (κ1) is 10.9. The molecule has 1 rings (SSSR count). The summed E-state index contributed by atoms with van der Waals surface area (Å²) in [5.41, 5.74) is 7.14. The summed E-state index contributed by atoms with van der Waals surface area (Å²) in [7, 11) is 0. The summed E-state index contributed by atoms with van der Waals surface area (Å²) in [5, 5.41) is 0.